The molecule has 0 saturated heterocycles. The van der Waals surface area contributed by atoms with E-state index in [1.807, 2.05) is 0 Å². The number of fused-ring (bicyclic) bond motifs is 1. The van der Waals surface area contributed by atoms with Crippen molar-refractivity contribution in [2.24, 2.45) is 11.3 Å². The van der Waals surface area contributed by atoms with Crippen LogP contribution in [0.15, 0.2) is 24.3 Å². The minimum atomic E-state index is 0.0685. The van der Waals surface area contributed by atoms with Gasteiger partial charge in [-0.3, -0.25) is 4.79 Å². The molecule has 3 rings (SSSR count). The maximum absolute atomic E-state index is 11.7. The molecule has 0 aliphatic heterocycles. The van der Waals surface area contributed by atoms with Gasteiger partial charge < -0.3 is 0 Å². The van der Waals surface area contributed by atoms with Crippen LogP contribution in [0.3, 0.4) is 0 Å². The molecular weight excluding hydrogens is 184 g/mol. The van der Waals surface area contributed by atoms with Crippen molar-refractivity contribution >= 4 is 5.78 Å². The van der Waals surface area contributed by atoms with Crippen LogP contribution >= 0.6 is 0 Å². The van der Waals surface area contributed by atoms with Crippen molar-refractivity contribution in [3.8, 4) is 0 Å². The first-order valence-corrected chi connectivity index (χ1v) is 5.80. The lowest BCUT2D eigenvalue weighted by Gasteiger charge is -2.19. The van der Waals surface area contributed by atoms with E-state index < -0.39 is 0 Å². The predicted octanol–water partition coefficient (Wildman–Crippen LogP) is 2.77. The van der Waals surface area contributed by atoms with Gasteiger partial charge in [-0.1, -0.05) is 24.3 Å². The number of hydrogen-bond donors (Lipinski definition) is 0. The monoisotopic (exact) mass is 200 g/mol. The van der Waals surface area contributed by atoms with Gasteiger partial charge in [0.25, 0.3) is 0 Å². The van der Waals surface area contributed by atoms with Crippen LogP contribution in [0.5, 0.6) is 0 Å². The van der Waals surface area contributed by atoms with E-state index in [4.69, 9.17) is 0 Å². The van der Waals surface area contributed by atoms with Crippen molar-refractivity contribution in [1.29, 1.82) is 0 Å². The number of ketones is 1. The molecule has 1 fully saturated rings. The highest BCUT2D eigenvalue weighted by molar-refractivity contribution is 5.85. The molecule has 0 N–H and O–H groups in total. The number of rotatable bonds is 2. The molecule has 0 aromatic heterocycles. The first-order chi connectivity index (χ1) is 7.22. The molecular formula is C14H16O. The Hall–Kier alpha value is -1.11. The fourth-order valence-electron chi connectivity index (χ4n) is 3.13. The van der Waals surface area contributed by atoms with Gasteiger partial charge in [-0.2, -0.15) is 0 Å². The summed E-state index contributed by atoms with van der Waals surface area (Å²) in [6.45, 7) is 1.77. The molecule has 0 amide bonds. The van der Waals surface area contributed by atoms with Gasteiger partial charge in [-0.15, -0.1) is 0 Å². The summed E-state index contributed by atoms with van der Waals surface area (Å²) in [5, 5.41) is 0. The fourth-order valence-corrected chi connectivity index (χ4v) is 3.13. The molecule has 15 heavy (non-hydrogen) atoms. The van der Waals surface area contributed by atoms with E-state index in [1.54, 1.807) is 6.92 Å². The van der Waals surface area contributed by atoms with Crippen LogP contribution in [0.4, 0.5) is 0 Å². The lowest BCUT2D eigenvalue weighted by Crippen LogP contribution is -2.23. The average molecular weight is 200 g/mol. The number of Topliss-reactive ketones (excluding diaryl/α,β-unsaturated/α-hetero) is 1. The second-order valence-corrected chi connectivity index (χ2v) is 5.09. The van der Waals surface area contributed by atoms with Gasteiger partial charge in [0, 0.05) is 5.41 Å². The largest absolute Gasteiger partial charge is 0.299 e. The third kappa shape index (κ3) is 1.26. The Morgan fingerprint density at radius 2 is 1.73 bits per heavy atom. The highest BCUT2D eigenvalue weighted by Gasteiger charge is 2.54. The normalized spacial score (nSPS) is 22.5. The first kappa shape index (κ1) is 9.14. The zero-order valence-corrected chi connectivity index (χ0v) is 9.12. The molecule has 78 valence electrons. The van der Waals surface area contributed by atoms with Crippen LogP contribution in [-0.4, -0.2) is 5.78 Å². The quantitative estimate of drug-likeness (QED) is 0.717. The molecule has 0 heterocycles. The summed E-state index contributed by atoms with van der Waals surface area (Å²) in [6.07, 6.45) is 4.49. The van der Waals surface area contributed by atoms with Gasteiger partial charge in [0.05, 0.1) is 0 Å². The van der Waals surface area contributed by atoms with Crippen molar-refractivity contribution in [3.05, 3.63) is 35.4 Å². The van der Waals surface area contributed by atoms with Crippen molar-refractivity contribution < 1.29 is 4.79 Å². The van der Waals surface area contributed by atoms with Crippen molar-refractivity contribution in [2.45, 2.75) is 32.6 Å². The summed E-state index contributed by atoms with van der Waals surface area (Å²) in [6, 6.07) is 8.64. The Morgan fingerprint density at radius 3 is 2.13 bits per heavy atom. The predicted molar refractivity (Wildman–Crippen MR) is 59.7 cm³/mol. The highest BCUT2D eigenvalue weighted by atomic mass is 16.1. The summed E-state index contributed by atoms with van der Waals surface area (Å²) in [7, 11) is 0. The number of carbonyl (C=O) groups excluding carboxylic acids is 1. The Morgan fingerprint density at radius 1 is 1.20 bits per heavy atom. The van der Waals surface area contributed by atoms with E-state index in [1.165, 1.54) is 11.1 Å². The maximum atomic E-state index is 11.7. The van der Waals surface area contributed by atoms with Crippen LogP contribution in [-0.2, 0) is 17.6 Å². The van der Waals surface area contributed by atoms with Crippen molar-refractivity contribution in [2.75, 3.05) is 0 Å². The SMILES string of the molecule is CC(=O)C1(C2Cc3ccccc3C2)CC1. The summed E-state index contributed by atoms with van der Waals surface area (Å²) in [5.41, 5.74) is 3.00. The van der Waals surface area contributed by atoms with Gasteiger partial charge in [0.1, 0.15) is 5.78 Å². The second-order valence-electron chi connectivity index (χ2n) is 5.09. The molecule has 0 atom stereocenters. The standard InChI is InChI=1S/C14H16O/c1-10(15)14(6-7-14)13-8-11-4-2-3-5-12(11)9-13/h2-5,13H,6-9H2,1H3. The summed E-state index contributed by atoms with van der Waals surface area (Å²) >= 11 is 0. The molecule has 1 heteroatoms. The second kappa shape index (κ2) is 2.94. The van der Waals surface area contributed by atoms with Gasteiger partial charge >= 0.3 is 0 Å². The Balaban J connectivity index is 1.88. The minimum absolute atomic E-state index is 0.0685. The Bertz CT molecular complexity index is 390. The van der Waals surface area contributed by atoms with Crippen molar-refractivity contribution in [3.63, 3.8) is 0 Å². The van der Waals surface area contributed by atoms with Crippen LogP contribution in [0.25, 0.3) is 0 Å². The van der Waals surface area contributed by atoms with Gasteiger partial charge in [0.2, 0.25) is 0 Å². The third-order valence-corrected chi connectivity index (χ3v) is 4.32. The zero-order chi connectivity index (χ0) is 10.5. The summed E-state index contributed by atoms with van der Waals surface area (Å²) in [4.78, 5) is 11.7. The van der Waals surface area contributed by atoms with Crippen LogP contribution in [0.2, 0.25) is 0 Å². The van der Waals surface area contributed by atoms with Crippen LogP contribution < -0.4 is 0 Å². The van der Waals surface area contributed by atoms with E-state index >= 15 is 0 Å². The van der Waals surface area contributed by atoms with Gasteiger partial charge in [-0.05, 0) is 49.7 Å². The Labute approximate surface area is 90.5 Å². The highest BCUT2D eigenvalue weighted by Crippen LogP contribution is 2.56. The average Bonchev–Trinajstić information content (AvgIpc) is 2.93. The lowest BCUT2D eigenvalue weighted by molar-refractivity contribution is -0.123. The van der Waals surface area contributed by atoms with Crippen LogP contribution in [0, 0.1) is 11.3 Å². The topological polar surface area (TPSA) is 17.1 Å². The molecule has 2 aliphatic carbocycles. The van der Waals surface area contributed by atoms with Gasteiger partial charge in [0.15, 0.2) is 0 Å². The maximum Gasteiger partial charge on any atom is 0.136 e. The molecule has 1 saturated carbocycles. The Kier molecular flexibility index (Phi) is 1.79. The summed E-state index contributed by atoms with van der Waals surface area (Å²) in [5.74, 6) is 1.01. The first-order valence-electron chi connectivity index (χ1n) is 5.80. The van der Waals surface area contributed by atoms with E-state index in [2.05, 4.69) is 24.3 Å². The molecule has 1 aromatic carbocycles. The number of hydrogen-bond acceptors (Lipinski definition) is 1. The molecule has 0 bridgehead atoms. The van der Waals surface area contributed by atoms with E-state index in [0.29, 0.717) is 11.7 Å². The third-order valence-electron chi connectivity index (χ3n) is 4.32. The fraction of sp³-hybridized carbons (Fsp3) is 0.500. The van der Waals surface area contributed by atoms with E-state index in [-0.39, 0.29) is 5.41 Å². The van der Waals surface area contributed by atoms with E-state index in [9.17, 15) is 4.79 Å². The molecule has 0 spiro atoms. The number of carbonyl (C=O) groups is 1. The lowest BCUT2D eigenvalue weighted by atomic mass is 9.83. The van der Waals surface area contributed by atoms with Crippen LogP contribution in [0.1, 0.15) is 30.9 Å². The van der Waals surface area contributed by atoms with Crippen molar-refractivity contribution in [1.82, 2.24) is 0 Å². The van der Waals surface area contributed by atoms with E-state index in [0.717, 1.165) is 25.7 Å². The smallest absolute Gasteiger partial charge is 0.136 e. The molecule has 0 radical (unpaired) electrons. The minimum Gasteiger partial charge on any atom is -0.299 e. The zero-order valence-electron chi connectivity index (χ0n) is 9.12. The van der Waals surface area contributed by atoms with Gasteiger partial charge in [-0.25, -0.2) is 0 Å². The molecule has 0 unspecified atom stereocenters. The summed E-state index contributed by atoms with van der Waals surface area (Å²) < 4.78 is 0. The molecule has 1 aromatic rings. The molecule has 2 aliphatic rings. The molecule has 1 nitrogen and oxygen atoms in total. The number of benzene rings is 1.